The molecule has 7 heteroatoms. The number of unbranched alkanes of at least 4 members (excludes halogenated alkanes) is 1. The molecule has 0 aliphatic carbocycles. The number of aromatic carboxylic acids is 1. The summed E-state index contributed by atoms with van der Waals surface area (Å²) in [6, 6.07) is 13.4. The number of ether oxygens (including phenoxy) is 1. The minimum atomic E-state index is -1.22. The van der Waals surface area contributed by atoms with Gasteiger partial charge in [-0.2, -0.15) is 5.26 Å². The first kappa shape index (κ1) is 20.0. The zero-order valence-corrected chi connectivity index (χ0v) is 16.2. The van der Waals surface area contributed by atoms with E-state index in [1.165, 1.54) is 18.2 Å². The summed E-state index contributed by atoms with van der Waals surface area (Å²) in [4.78, 5) is 24.3. The van der Waals surface area contributed by atoms with Gasteiger partial charge >= 0.3 is 5.97 Å². The quantitative estimate of drug-likeness (QED) is 0.588. The van der Waals surface area contributed by atoms with Gasteiger partial charge in [-0.3, -0.25) is 4.79 Å². The van der Waals surface area contributed by atoms with Gasteiger partial charge in [0, 0.05) is 18.5 Å². The van der Waals surface area contributed by atoms with Crippen molar-refractivity contribution in [1.29, 1.82) is 5.26 Å². The van der Waals surface area contributed by atoms with Crippen LogP contribution in [0.2, 0.25) is 0 Å². The molecule has 0 spiro atoms. The third kappa shape index (κ3) is 4.22. The van der Waals surface area contributed by atoms with E-state index in [0.29, 0.717) is 12.3 Å². The van der Waals surface area contributed by atoms with Gasteiger partial charge in [0.2, 0.25) is 0 Å². The van der Waals surface area contributed by atoms with Gasteiger partial charge in [0.15, 0.2) is 0 Å². The summed E-state index contributed by atoms with van der Waals surface area (Å²) in [6.45, 7) is 2.73. The fourth-order valence-electron chi connectivity index (χ4n) is 3.04. The lowest BCUT2D eigenvalue weighted by atomic mass is 10.1. The summed E-state index contributed by atoms with van der Waals surface area (Å²) in [5, 5.41) is 21.8. The van der Waals surface area contributed by atoms with Crippen LogP contribution in [0, 0.1) is 11.3 Å². The van der Waals surface area contributed by atoms with Crippen molar-refractivity contribution in [2.45, 2.75) is 19.8 Å². The fourth-order valence-corrected chi connectivity index (χ4v) is 3.04. The number of benzene rings is 2. The van der Waals surface area contributed by atoms with Crippen LogP contribution in [0.3, 0.4) is 0 Å². The van der Waals surface area contributed by atoms with Gasteiger partial charge in [0.1, 0.15) is 11.4 Å². The van der Waals surface area contributed by atoms with Gasteiger partial charge in [0.25, 0.3) is 5.91 Å². The number of carboxylic acids is 1. The standard InChI is InChI=1S/C22H21N3O4/c1-3-4-9-29-16-7-6-15-11-20(25(2)19(15)12-16)21(26)24-18-8-5-14(13-23)10-17(18)22(27)28/h5-8,10-12H,3-4,9H2,1-2H3,(H,24,26)(H,27,28). The number of nitriles is 1. The Bertz CT molecular complexity index is 1130. The van der Waals surface area contributed by atoms with Crippen LogP contribution < -0.4 is 10.1 Å². The molecule has 3 aromatic rings. The van der Waals surface area contributed by atoms with E-state index in [9.17, 15) is 14.7 Å². The Morgan fingerprint density at radius 1 is 1.21 bits per heavy atom. The largest absolute Gasteiger partial charge is 0.494 e. The number of amides is 1. The van der Waals surface area contributed by atoms with Crippen LogP contribution in [0.4, 0.5) is 5.69 Å². The number of anilines is 1. The molecular weight excluding hydrogens is 370 g/mol. The summed E-state index contributed by atoms with van der Waals surface area (Å²) >= 11 is 0. The van der Waals surface area contributed by atoms with E-state index in [1.807, 2.05) is 24.3 Å². The Morgan fingerprint density at radius 2 is 2.00 bits per heavy atom. The lowest BCUT2D eigenvalue weighted by Gasteiger charge is -2.10. The van der Waals surface area contributed by atoms with E-state index in [-0.39, 0.29) is 16.8 Å². The number of carboxylic acid groups (broad SMARTS) is 1. The highest BCUT2D eigenvalue weighted by Gasteiger charge is 2.18. The molecule has 7 nitrogen and oxygen atoms in total. The number of hydrogen-bond donors (Lipinski definition) is 2. The maximum absolute atomic E-state index is 12.8. The Labute approximate surface area is 168 Å². The van der Waals surface area contributed by atoms with Crippen molar-refractivity contribution in [3.8, 4) is 11.8 Å². The van der Waals surface area contributed by atoms with E-state index < -0.39 is 11.9 Å². The number of rotatable bonds is 7. The predicted octanol–water partition coefficient (Wildman–Crippen LogP) is 4.18. The molecule has 1 amide bonds. The normalized spacial score (nSPS) is 10.5. The third-order valence-corrected chi connectivity index (χ3v) is 4.64. The van der Waals surface area contributed by atoms with Gasteiger partial charge in [-0.25, -0.2) is 4.79 Å². The van der Waals surface area contributed by atoms with E-state index in [2.05, 4.69) is 12.2 Å². The average molecular weight is 391 g/mol. The second-order valence-corrected chi connectivity index (χ2v) is 6.64. The predicted molar refractivity (Wildman–Crippen MR) is 109 cm³/mol. The second kappa shape index (κ2) is 8.48. The Balaban J connectivity index is 1.89. The maximum Gasteiger partial charge on any atom is 0.337 e. The van der Waals surface area contributed by atoms with Gasteiger partial charge < -0.3 is 19.7 Å². The number of aromatic nitrogens is 1. The molecule has 0 atom stereocenters. The molecule has 148 valence electrons. The molecule has 0 radical (unpaired) electrons. The van der Waals surface area contributed by atoms with Crippen molar-refractivity contribution in [3.63, 3.8) is 0 Å². The van der Waals surface area contributed by atoms with E-state index >= 15 is 0 Å². The lowest BCUT2D eigenvalue weighted by Crippen LogP contribution is -2.17. The first-order valence-corrected chi connectivity index (χ1v) is 9.25. The summed E-state index contributed by atoms with van der Waals surface area (Å²) in [5.41, 5.74) is 1.42. The highest BCUT2D eigenvalue weighted by atomic mass is 16.5. The molecule has 0 bridgehead atoms. The lowest BCUT2D eigenvalue weighted by molar-refractivity contribution is 0.0698. The third-order valence-electron chi connectivity index (χ3n) is 4.64. The van der Waals surface area contributed by atoms with Crippen LogP contribution in [0.1, 0.15) is 46.2 Å². The zero-order valence-electron chi connectivity index (χ0n) is 16.2. The number of aryl methyl sites for hydroxylation is 1. The molecular formula is C22H21N3O4. The first-order valence-electron chi connectivity index (χ1n) is 9.25. The molecule has 3 rings (SSSR count). The number of nitrogens with zero attached hydrogens (tertiary/aromatic N) is 2. The first-order chi connectivity index (χ1) is 13.9. The molecule has 1 heterocycles. The Hall–Kier alpha value is -3.79. The second-order valence-electron chi connectivity index (χ2n) is 6.64. The van der Waals surface area contributed by atoms with Crippen LogP contribution in [-0.2, 0) is 7.05 Å². The van der Waals surface area contributed by atoms with Crippen LogP contribution >= 0.6 is 0 Å². The molecule has 0 aliphatic rings. The summed E-state index contributed by atoms with van der Waals surface area (Å²) in [6.07, 6.45) is 2.01. The molecule has 0 unspecified atom stereocenters. The summed E-state index contributed by atoms with van der Waals surface area (Å²) < 4.78 is 7.47. The average Bonchev–Trinajstić information content (AvgIpc) is 3.04. The van der Waals surface area contributed by atoms with Crippen molar-refractivity contribution >= 4 is 28.5 Å². The van der Waals surface area contributed by atoms with Gasteiger partial charge in [-0.1, -0.05) is 13.3 Å². The van der Waals surface area contributed by atoms with Crippen molar-refractivity contribution in [2.75, 3.05) is 11.9 Å². The van der Waals surface area contributed by atoms with Crippen molar-refractivity contribution < 1.29 is 19.4 Å². The van der Waals surface area contributed by atoms with E-state index in [0.717, 1.165) is 29.5 Å². The highest BCUT2D eigenvalue weighted by Crippen LogP contribution is 2.25. The topological polar surface area (TPSA) is 104 Å². The Morgan fingerprint density at radius 3 is 2.69 bits per heavy atom. The summed E-state index contributed by atoms with van der Waals surface area (Å²) in [5.74, 6) is -0.924. The molecule has 1 aromatic heterocycles. The Kier molecular flexibility index (Phi) is 5.84. The fraction of sp³-hybridized carbons (Fsp3) is 0.227. The highest BCUT2D eigenvalue weighted by molar-refractivity contribution is 6.09. The van der Waals surface area contributed by atoms with E-state index in [4.69, 9.17) is 10.00 Å². The smallest absolute Gasteiger partial charge is 0.337 e. The minimum Gasteiger partial charge on any atom is -0.494 e. The number of fused-ring (bicyclic) bond motifs is 1. The number of nitrogens with one attached hydrogen (secondary N) is 1. The van der Waals surface area contributed by atoms with Crippen molar-refractivity contribution in [2.24, 2.45) is 7.05 Å². The molecule has 0 saturated heterocycles. The molecule has 0 fully saturated rings. The number of carbonyl (C=O) groups excluding carboxylic acids is 1. The van der Waals surface area contributed by atoms with Gasteiger partial charge in [-0.15, -0.1) is 0 Å². The number of carbonyl (C=O) groups is 2. The minimum absolute atomic E-state index is 0.135. The maximum atomic E-state index is 12.8. The number of hydrogen-bond acceptors (Lipinski definition) is 4. The molecule has 2 aromatic carbocycles. The molecule has 2 N–H and O–H groups in total. The SMILES string of the molecule is CCCCOc1ccc2cc(C(=O)Nc3ccc(C#N)cc3C(=O)O)n(C)c2c1. The zero-order chi connectivity index (χ0) is 21.0. The molecule has 0 saturated carbocycles. The van der Waals surface area contributed by atoms with Crippen molar-refractivity contribution in [1.82, 2.24) is 4.57 Å². The van der Waals surface area contributed by atoms with Crippen LogP contribution in [-0.4, -0.2) is 28.2 Å². The molecule has 29 heavy (non-hydrogen) atoms. The summed E-state index contributed by atoms with van der Waals surface area (Å²) in [7, 11) is 1.77. The van der Waals surface area contributed by atoms with Gasteiger partial charge in [0.05, 0.1) is 35.0 Å². The van der Waals surface area contributed by atoms with Crippen molar-refractivity contribution in [3.05, 3.63) is 59.3 Å². The van der Waals surface area contributed by atoms with Crippen LogP contribution in [0.5, 0.6) is 5.75 Å². The van der Waals surface area contributed by atoms with Crippen LogP contribution in [0.15, 0.2) is 42.5 Å². The van der Waals surface area contributed by atoms with Gasteiger partial charge in [-0.05, 0) is 42.8 Å². The molecule has 0 aliphatic heterocycles. The van der Waals surface area contributed by atoms with Crippen LogP contribution in [0.25, 0.3) is 10.9 Å². The monoisotopic (exact) mass is 391 g/mol. The van der Waals surface area contributed by atoms with E-state index in [1.54, 1.807) is 17.7 Å².